The van der Waals surface area contributed by atoms with Gasteiger partial charge in [0.05, 0.1) is 13.2 Å². The first-order valence-electron chi connectivity index (χ1n) is 5.15. The average Bonchev–Trinajstić information content (AvgIpc) is 2.15. The van der Waals surface area contributed by atoms with Crippen molar-refractivity contribution in [1.29, 1.82) is 0 Å². The van der Waals surface area contributed by atoms with Gasteiger partial charge in [0.1, 0.15) is 0 Å². The number of hydrogen-bond acceptors (Lipinski definition) is 3. The Morgan fingerprint density at radius 2 is 1.92 bits per heavy atom. The van der Waals surface area contributed by atoms with E-state index in [2.05, 4.69) is 31.4 Å². The van der Waals surface area contributed by atoms with Crippen molar-refractivity contribution in [2.45, 2.75) is 13.8 Å². The summed E-state index contributed by atoms with van der Waals surface area (Å²) in [5.41, 5.74) is 0. The highest BCUT2D eigenvalue weighted by molar-refractivity contribution is 7.80. The zero-order valence-electron chi connectivity index (χ0n) is 8.70. The highest BCUT2D eigenvalue weighted by Crippen LogP contribution is 2.14. The molecular formula is C10H21NOS. The van der Waals surface area contributed by atoms with Gasteiger partial charge in [0.15, 0.2) is 0 Å². The molecule has 2 nitrogen and oxygen atoms in total. The Bertz CT molecular complexity index is 135. The van der Waals surface area contributed by atoms with Gasteiger partial charge in [-0.1, -0.05) is 13.8 Å². The first-order chi connectivity index (χ1) is 6.24. The van der Waals surface area contributed by atoms with Crippen LogP contribution in [0.1, 0.15) is 13.8 Å². The largest absolute Gasteiger partial charge is 0.379 e. The topological polar surface area (TPSA) is 12.5 Å². The van der Waals surface area contributed by atoms with E-state index in [9.17, 15) is 0 Å². The van der Waals surface area contributed by atoms with Crippen LogP contribution in [0.4, 0.5) is 0 Å². The first kappa shape index (κ1) is 11.3. The van der Waals surface area contributed by atoms with Gasteiger partial charge in [-0.2, -0.15) is 12.6 Å². The Balaban J connectivity index is 2.27. The molecule has 1 aliphatic heterocycles. The minimum atomic E-state index is 0.724. The van der Waals surface area contributed by atoms with Crippen LogP contribution in [-0.4, -0.2) is 43.5 Å². The third kappa shape index (κ3) is 3.88. The van der Waals surface area contributed by atoms with Crippen LogP contribution in [0.15, 0.2) is 0 Å². The molecule has 0 aromatic carbocycles. The fraction of sp³-hybridized carbons (Fsp3) is 1.00. The van der Waals surface area contributed by atoms with Crippen LogP contribution < -0.4 is 0 Å². The van der Waals surface area contributed by atoms with E-state index in [0.29, 0.717) is 0 Å². The lowest BCUT2D eigenvalue weighted by Gasteiger charge is -2.31. The summed E-state index contributed by atoms with van der Waals surface area (Å²) in [5, 5.41) is 0. The monoisotopic (exact) mass is 203 g/mol. The van der Waals surface area contributed by atoms with E-state index in [1.165, 1.54) is 6.54 Å². The molecule has 78 valence electrons. The third-order valence-corrected chi connectivity index (χ3v) is 3.24. The van der Waals surface area contributed by atoms with Crippen LogP contribution in [0.5, 0.6) is 0 Å². The summed E-state index contributed by atoms with van der Waals surface area (Å²) < 4.78 is 5.31. The maximum Gasteiger partial charge on any atom is 0.0594 e. The van der Waals surface area contributed by atoms with E-state index in [1.54, 1.807) is 0 Å². The minimum absolute atomic E-state index is 0.724. The first-order valence-corrected chi connectivity index (χ1v) is 5.78. The van der Waals surface area contributed by atoms with E-state index < -0.39 is 0 Å². The van der Waals surface area contributed by atoms with Crippen LogP contribution in [0, 0.1) is 11.8 Å². The van der Waals surface area contributed by atoms with E-state index >= 15 is 0 Å². The molecule has 0 spiro atoms. The molecule has 0 bridgehead atoms. The molecule has 3 heteroatoms. The smallest absolute Gasteiger partial charge is 0.0594 e. The Morgan fingerprint density at radius 1 is 1.31 bits per heavy atom. The molecule has 1 rings (SSSR count). The molecular weight excluding hydrogens is 182 g/mol. The van der Waals surface area contributed by atoms with Crippen molar-refractivity contribution in [3.8, 4) is 0 Å². The summed E-state index contributed by atoms with van der Waals surface area (Å²) in [7, 11) is 0. The molecule has 0 N–H and O–H groups in total. The van der Waals surface area contributed by atoms with Crippen LogP contribution >= 0.6 is 12.6 Å². The number of ether oxygens (including phenoxy) is 1. The molecule has 0 aliphatic carbocycles. The summed E-state index contributed by atoms with van der Waals surface area (Å²) in [4.78, 5) is 2.49. The fourth-order valence-electron chi connectivity index (χ4n) is 1.59. The molecule has 0 radical (unpaired) electrons. The molecule has 0 amide bonds. The zero-order valence-corrected chi connectivity index (χ0v) is 9.59. The summed E-state index contributed by atoms with van der Waals surface area (Å²) in [5.74, 6) is 2.46. The van der Waals surface area contributed by atoms with Crippen molar-refractivity contribution in [3.05, 3.63) is 0 Å². The number of rotatable bonds is 4. The van der Waals surface area contributed by atoms with Gasteiger partial charge in [0, 0.05) is 19.6 Å². The Kier molecular flexibility index (Phi) is 5.14. The molecule has 1 aliphatic rings. The molecule has 13 heavy (non-hydrogen) atoms. The van der Waals surface area contributed by atoms with Crippen molar-refractivity contribution in [1.82, 2.24) is 4.90 Å². The molecule has 1 saturated heterocycles. The lowest BCUT2D eigenvalue weighted by molar-refractivity contribution is 0.0291. The fourth-order valence-corrected chi connectivity index (χ4v) is 2.13. The highest BCUT2D eigenvalue weighted by atomic mass is 32.1. The van der Waals surface area contributed by atoms with Crippen molar-refractivity contribution < 1.29 is 4.74 Å². The lowest BCUT2D eigenvalue weighted by atomic mass is 9.97. The number of thiol groups is 1. The number of nitrogens with zero attached hydrogens (tertiary/aromatic N) is 1. The average molecular weight is 203 g/mol. The second kappa shape index (κ2) is 5.89. The van der Waals surface area contributed by atoms with Crippen molar-refractivity contribution >= 4 is 12.6 Å². The highest BCUT2D eigenvalue weighted by Gasteiger charge is 2.17. The summed E-state index contributed by atoms with van der Waals surface area (Å²) >= 11 is 4.40. The Labute approximate surface area is 87.0 Å². The predicted octanol–water partition coefficient (Wildman–Crippen LogP) is 1.52. The van der Waals surface area contributed by atoms with E-state index in [0.717, 1.165) is 43.9 Å². The molecule has 1 atom stereocenters. The normalized spacial score (nSPS) is 22.2. The van der Waals surface area contributed by atoms with Gasteiger partial charge in [-0.25, -0.2) is 0 Å². The summed E-state index contributed by atoms with van der Waals surface area (Å²) in [6.07, 6.45) is 0. The van der Waals surface area contributed by atoms with Gasteiger partial charge in [-0.05, 0) is 17.6 Å². The third-order valence-electron chi connectivity index (χ3n) is 2.77. The SMILES string of the molecule is CC(C)C(CS)CN1CCOCC1. The molecule has 1 heterocycles. The standard InChI is InChI=1S/C10H21NOS/c1-9(2)10(8-13)7-11-3-5-12-6-4-11/h9-10,13H,3-8H2,1-2H3. The van der Waals surface area contributed by atoms with Crippen molar-refractivity contribution in [3.63, 3.8) is 0 Å². The Hall–Kier alpha value is 0.270. The van der Waals surface area contributed by atoms with Gasteiger partial charge < -0.3 is 4.74 Å². The van der Waals surface area contributed by atoms with E-state index in [1.807, 2.05) is 0 Å². The van der Waals surface area contributed by atoms with Gasteiger partial charge in [-0.3, -0.25) is 4.90 Å². The predicted molar refractivity (Wildman–Crippen MR) is 59.4 cm³/mol. The summed E-state index contributed by atoms with van der Waals surface area (Å²) in [6.45, 7) is 9.73. The quantitative estimate of drug-likeness (QED) is 0.696. The van der Waals surface area contributed by atoms with Crippen molar-refractivity contribution in [2.75, 3.05) is 38.6 Å². The second-order valence-corrected chi connectivity index (χ2v) is 4.46. The maximum absolute atomic E-state index is 5.31. The number of morpholine rings is 1. The molecule has 0 aromatic heterocycles. The molecule has 0 saturated carbocycles. The zero-order chi connectivity index (χ0) is 9.68. The van der Waals surface area contributed by atoms with E-state index in [4.69, 9.17) is 4.74 Å². The number of hydrogen-bond donors (Lipinski definition) is 1. The molecule has 1 fully saturated rings. The maximum atomic E-state index is 5.31. The van der Waals surface area contributed by atoms with Crippen molar-refractivity contribution in [2.24, 2.45) is 11.8 Å². The van der Waals surface area contributed by atoms with Crippen LogP contribution in [0.3, 0.4) is 0 Å². The lowest BCUT2D eigenvalue weighted by Crippen LogP contribution is -2.40. The second-order valence-electron chi connectivity index (χ2n) is 4.10. The van der Waals surface area contributed by atoms with Crippen LogP contribution in [0.25, 0.3) is 0 Å². The van der Waals surface area contributed by atoms with Gasteiger partial charge in [-0.15, -0.1) is 0 Å². The van der Waals surface area contributed by atoms with E-state index in [-0.39, 0.29) is 0 Å². The van der Waals surface area contributed by atoms with Crippen LogP contribution in [0.2, 0.25) is 0 Å². The van der Waals surface area contributed by atoms with Gasteiger partial charge >= 0.3 is 0 Å². The molecule has 1 unspecified atom stereocenters. The van der Waals surface area contributed by atoms with Gasteiger partial charge in [0.2, 0.25) is 0 Å². The van der Waals surface area contributed by atoms with Crippen LogP contribution in [-0.2, 0) is 4.74 Å². The minimum Gasteiger partial charge on any atom is -0.379 e. The van der Waals surface area contributed by atoms with Gasteiger partial charge in [0.25, 0.3) is 0 Å². The molecule has 0 aromatic rings. The summed E-state index contributed by atoms with van der Waals surface area (Å²) in [6, 6.07) is 0. The Morgan fingerprint density at radius 3 is 2.38 bits per heavy atom.